The number of rotatable bonds is 8. The monoisotopic (exact) mass is 349 g/mol. The maximum atomic E-state index is 12.6. The average Bonchev–Trinajstić information content (AvgIpc) is 2.48. The van der Waals surface area contributed by atoms with Crippen LogP contribution >= 0.6 is 23.2 Å². The first-order valence-electron chi connectivity index (χ1n) is 6.60. The van der Waals surface area contributed by atoms with Crippen molar-refractivity contribution < 1.29 is 24.3 Å². The minimum Gasteiger partial charge on any atom is -0.494 e. The molecule has 0 unspecified atom stereocenters. The zero-order valence-corrected chi connectivity index (χ0v) is 13.8. The third-order valence-electron chi connectivity index (χ3n) is 2.76. The first kappa shape index (κ1) is 18.5. The minimum atomic E-state index is -1.18. The minimum absolute atomic E-state index is 0.0400. The maximum Gasteiger partial charge on any atom is 0.332 e. The van der Waals surface area contributed by atoms with Crippen LogP contribution in [0.1, 0.15) is 30.1 Å². The van der Waals surface area contributed by atoms with Crippen LogP contribution in [-0.2, 0) is 9.63 Å². The van der Waals surface area contributed by atoms with Gasteiger partial charge in [-0.25, -0.2) is 9.86 Å². The Morgan fingerprint density at radius 3 is 2.45 bits per heavy atom. The van der Waals surface area contributed by atoms with E-state index in [9.17, 15) is 9.59 Å². The molecule has 0 saturated heterocycles. The highest BCUT2D eigenvalue weighted by molar-refractivity contribution is 6.37. The van der Waals surface area contributed by atoms with E-state index in [1.54, 1.807) is 0 Å². The third kappa shape index (κ3) is 4.76. The molecule has 1 N–H and O–H groups in total. The molecule has 1 rings (SSSR count). The van der Waals surface area contributed by atoms with Crippen molar-refractivity contribution in [2.75, 3.05) is 20.3 Å². The van der Waals surface area contributed by atoms with Gasteiger partial charge < -0.3 is 9.84 Å². The molecule has 0 atom stereocenters. The van der Waals surface area contributed by atoms with Gasteiger partial charge in [0.25, 0.3) is 5.91 Å². The number of hydroxylamine groups is 2. The molecule has 8 heteroatoms. The van der Waals surface area contributed by atoms with Crippen molar-refractivity contribution in [2.45, 2.75) is 19.8 Å². The summed E-state index contributed by atoms with van der Waals surface area (Å²) in [5.41, 5.74) is 0.0400. The van der Waals surface area contributed by atoms with Crippen LogP contribution in [0.15, 0.2) is 12.1 Å². The van der Waals surface area contributed by atoms with E-state index >= 15 is 0 Å². The smallest absolute Gasteiger partial charge is 0.332 e. The van der Waals surface area contributed by atoms with Crippen molar-refractivity contribution >= 4 is 35.1 Å². The number of carboxylic acid groups (broad SMARTS) is 1. The number of amides is 1. The first-order valence-corrected chi connectivity index (χ1v) is 7.36. The maximum absolute atomic E-state index is 12.6. The van der Waals surface area contributed by atoms with E-state index in [1.165, 1.54) is 19.2 Å². The molecule has 122 valence electrons. The van der Waals surface area contributed by atoms with E-state index in [0.29, 0.717) is 6.42 Å². The molecule has 0 spiro atoms. The van der Waals surface area contributed by atoms with Crippen molar-refractivity contribution in [1.29, 1.82) is 0 Å². The number of nitrogens with zero attached hydrogens (tertiary/aromatic N) is 1. The number of hydrogen-bond donors (Lipinski definition) is 1. The van der Waals surface area contributed by atoms with Crippen LogP contribution in [0.5, 0.6) is 5.75 Å². The second kappa shape index (κ2) is 8.82. The second-order valence-corrected chi connectivity index (χ2v) is 5.18. The van der Waals surface area contributed by atoms with Gasteiger partial charge in [-0.15, -0.1) is 0 Å². The number of aliphatic carboxylic acids is 1. The normalized spacial score (nSPS) is 10.4. The van der Waals surface area contributed by atoms with Gasteiger partial charge in [-0.05, 0) is 18.6 Å². The van der Waals surface area contributed by atoms with Crippen LogP contribution in [-0.4, -0.2) is 42.3 Å². The molecule has 0 saturated carbocycles. The highest BCUT2D eigenvalue weighted by Crippen LogP contribution is 2.34. The Balaban J connectivity index is 3.12. The molecular formula is C14H17Cl2NO5. The summed E-state index contributed by atoms with van der Waals surface area (Å²) in [7, 11) is 1.36. The zero-order valence-electron chi connectivity index (χ0n) is 12.3. The fraction of sp³-hybridized carbons (Fsp3) is 0.429. The molecule has 22 heavy (non-hydrogen) atoms. The van der Waals surface area contributed by atoms with Crippen molar-refractivity contribution in [3.05, 3.63) is 27.7 Å². The number of carboxylic acids is 1. The Morgan fingerprint density at radius 2 is 1.91 bits per heavy atom. The van der Waals surface area contributed by atoms with Gasteiger partial charge in [0.15, 0.2) is 12.4 Å². The summed E-state index contributed by atoms with van der Waals surface area (Å²) in [6.45, 7) is 1.54. The summed E-state index contributed by atoms with van der Waals surface area (Å²) in [5.74, 6) is -1.66. The average molecular weight is 350 g/mol. The number of ether oxygens (including phenoxy) is 1. The number of unbranched alkanes of at least 4 members (excludes halogenated alkanes) is 1. The van der Waals surface area contributed by atoms with E-state index in [1.807, 2.05) is 6.92 Å². The largest absolute Gasteiger partial charge is 0.494 e. The quantitative estimate of drug-likeness (QED) is 0.729. The molecule has 1 aromatic carbocycles. The first-order chi connectivity index (χ1) is 10.4. The number of halogens is 2. The van der Waals surface area contributed by atoms with Crippen LogP contribution in [0, 0.1) is 0 Å². The molecule has 0 bridgehead atoms. The molecule has 0 fully saturated rings. The van der Waals surface area contributed by atoms with Gasteiger partial charge in [-0.2, -0.15) is 0 Å². The molecule has 0 aliphatic heterocycles. The summed E-state index contributed by atoms with van der Waals surface area (Å²) in [5, 5.41) is 10.0. The predicted octanol–water partition coefficient (Wildman–Crippen LogP) is 3.26. The van der Waals surface area contributed by atoms with Gasteiger partial charge in [0.2, 0.25) is 0 Å². The molecule has 0 aromatic heterocycles. The van der Waals surface area contributed by atoms with Crippen LogP contribution in [0.3, 0.4) is 0 Å². The third-order valence-corrected chi connectivity index (χ3v) is 3.37. The predicted molar refractivity (Wildman–Crippen MR) is 82.5 cm³/mol. The van der Waals surface area contributed by atoms with Crippen molar-refractivity contribution in [2.24, 2.45) is 0 Å². The Bertz CT molecular complexity index is 550. The van der Waals surface area contributed by atoms with E-state index < -0.39 is 18.5 Å². The SMILES string of the molecule is CCCCN(OCC(=O)O)C(=O)c1c(Cl)ccc(Cl)c1OC. The van der Waals surface area contributed by atoms with Crippen molar-refractivity contribution in [3.63, 3.8) is 0 Å². The van der Waals surface area contributed by atoms with Crippen LogP contribution in [0.4, 0.5) is 0 Å². The van der Waals surface area contributed by atoms with Gasteiger partial charge in [0.1, 0.15) is 5.56 Å². The Hall–Kier alpha value is -1.50. The van der Waals surface area contributed by atoms with Gasteiger partial charge in [0.05, 0.1) is 17.2 Å². The summed E-state index contributed by atoms with van der Waals surface area (Å²) in [6, 6.07) is 2.98. The fourth-order valence-electron chi connectivity index (χ4n) is 1.72. The number of carbonyl (C=O) groups excluding carboxylic acids is 1. The summed E-state index contributed by atoms with van der Waals surface area (Å²) in [4.78, 5) is 28.3. The van der Waals surface area contributed by atoms with Gasteiger partial charge in [0, 0.05) is 6.54 Å². The Labute approximate surface area is 138 Å². The number of benzene rings is 1. The number of hydrogen-bond acceptors (Lipinski definition) is 4. The lowest BCUT2D eigenvalue weighted by molar-refractivity contribution is -0.164. The standard InChI is InChI=1S/C14H17Cl2NO5/c1-3-4-7-17(22-8-11(18)19)14(20)12-9(15)5-6-10(16)13(12)21-2/h5-6H,3-4,7-8H2,1-2H3,(H,18,19). The van der Waals surface area contributed by atoms with Gasteiger partial charge in [-0.1, -0.05) is 36.5 Å². The summed E-state index contributed by atoms with van der Waals surface area (Å²) in [6.07, 6.45) is 1.45. The molecule has 0 aliphatic carbocycles. The molecule has 1 amide bonds. The van der Waals surface area contributed by atoms with E-state index in [0.717, 1.165) is 11.5 Å². The number of carbonyl (C=O) groups is 2. The molecule has 0 aliphatic rings. The zero-order chi connectivity index (χ0) is 16.7. The summed E-state index contributed by atoms with van der Waals surface area (Å²) < 4.78 is 5.12. The molecular weight excluding hydrogens is 333 g/mol. The van der Waals surface area contributed by atoms with Crippen LogP contribution < -0.4 is 4.74 Å². The Morgan fingerprint density at radius 1 is 1.27 bits per heavy atom. The van der Waals surface area contributed by atoms with Crippen molar-refractivity contribution in [3.8, 4) is 5.75 Å². The van der Waals surface area contributed by atoms with Crippen LogP contribution in [0.25, 0.3) is 0 Å². The van der Waals surface area contributed by atoms with E-state index in [-0.39, 0.29) is 27.9 Å². The summed E-state index contributed by atoms with van der Waals surface area (Å²) >= 11 is 12.1. The number of methoxy groups -OCH3 is 1. The second-order valence-electron chi connectivity index (χ2n) is 4.37. The lowest BCUT2D eigenvalue weighted by Gasteiger charge is -2.22. The van der Waals surface area contributed by atoms with Gasteiger partial charge >= 0.3 is 5.97 Å². The van der Waals surface area contributed by atoms with Crippen molar-refractivity contribution in [1.82, 2.24) is 5.06 Å². The molecule has 1 aromatic rings. The highest BCUT2D eigenvalue weighted by Gasteiger charge is 2.25. The van der Waals surface area contributed by atoms with Crippen LogP contribution in [0.2, 0.25) is 10.0 Å². The fourth-order valence-corrected chi connectivity index (χ4v) is 2.18. The topological polar surface area (TPSA) is 76.1 Å². The molecule has 0 radical (unpaired) electrons. The van der Waals surface area contributed by atoms with E-state index in [4.69, 9.17) is 37.9 Å². The molecule has 6 nitrogen and oxygen atoms in total. The lowest BCUT2D eigenvalue weighted by atomic mass is 10.1. The van der Waals surface area contributed by atoms with Gasteiger partial charge in [-0.3, -0.25) is 9.63 Å². The lowest BCUT2D eigenvalue weighted by Crippen LogP contribution is -2.34. The molecule has 0 heterocycles. The Kier molecular flexibility index (Phi) is 7.44. The van der Waals surface area contributed by atoms with E-state index in [2.05, 4.69) is 0 Å². The highest BCUT2D eigenvalue weighted by atomic mass is 35.5.